The van der Waals surface area contributed by atoms with Gasteiger partial charge in [0.1, 0.15) is 5.82 Å². The Morgan fingerprint density at radius 3 is 2.33 bits per heavy atom. The van der Waals surface area contributed by atoms with Crippen molar-refractivity contribution in [1.82, 2.24) is 4.90 Å². The van der Waals surface area contributed by atoms with Crippen LogP contribution in [-0.4, -0.2) is 38.7 Å². The summed E-state index contributed by atoms with van der Waals surface area (Å²) in [7, 11) is -2.54. The van der Waals surface area contributed by atoms with Crippen molar-refractivity contribution in [3.63, 3.8) is 0 Å². The maximum atomic E-state index is 13.1. The molecule has 0 aliphatic carbocycles. The molecule has 0 aromatic heterocycles. The number of halogens is 2. The molecule has 0 saturated heterocycles. The number of anilines is 2. The molecule has 0 aliphatic heterocycles. The second kappa shape index (κ2) is 10.0. The molecule has 0 saturated carbocycles. The molecule has 2 amide bonds. The predicted octanol–water partition coefficient (Wildman–Crippen LogP) is 4.30. The fraction of sp³-hybridized carbons (Fsp3) is 0.130. The average molecular weight is 490 g/mol. The lowest BCUT2D eigenvalue weighted by Crippen LogP contribution is -2.35. The molecule has 7 nitrogen and oxygen atoms in total. The van der Waals surface area contributed by atoms with Gasteiger partial charge in [0.2, 0.25) is 5.91 Å². The van der Waals surface area contributed by atoms with Crippen molar-refractivity contribution in [2.75, 3.05) is 23.6 Å². The van der Waals surface area contributed by atoms with Gasteiger partial charge in [-0.25, -0.2) is 12.8 Å². The van der Waals surface area contributed by atoms with Gasteiger partial charge < -0.3 is 10.2 Å². The Hall–Kier alpha value is -3.43. The number of rotatable bonds is 7. The number of nitrogens with one attached hydrogen (secondary N) is 2. The lowest BCUT2D eigenvalue weighted by Gasteiger charge is -2.18. The third kappa shape index (κ3) is 6.09. The van der Waals surface area contributed by atoms with E-state index < -0.39 is 27.7 Å². The first-order valence-electron chi connectivity index (χ1n) is 9.76. The van der Waals surface area contributed by atoms with Crippen molar-refractivity contribution in [1.29, 1.82) is 0 Å². The fourth-order valence-electron chi connectivity index (χ4n) is 2.94. The van der Waals surface area contributed by atoms with Gasteiger partial charge in [0, 0.05) is 12.6 Å². The van der Waals surface area contributed by atoms with Crippen LogP contribution in [0.15, 0.2) is 71.6 Å². The van der Waals surface area contributed by atoms with E-state index in [4.69, 9.17) is 11.6 Å². The Bertz CT molecular complexity index is 1300. The van der Waals surface area contributed by atoms with E-state index in [1.807, 2.05) is 0 Å². The highest BCUT2D eigenvalue weighted by atomic mass is 35.5. The molecule has 172 valence electrons. The molecule has 0 spiro atoms. The van der Waals surface area contributed by atoms with E-state index >= 15 is 0 Å². The molecule has 10 heteroatoms. The first kappa shape index (κ1) is 24.2. The normalized spacial score (nSPS) is 11.0. The van der Waals surface area contributed by atoms with Crippen molar-refractivity contribution < 1.29 is 22.4 Å². The third-order valence-corrected chi connectivity index (χ3v) is 6.44. The summed E-state index contributed by atoms with van der Waals surface area (Å²) in [6.45, 7) is 1.44. The Morgan fingerprint density at radius 2 is 1.67 bits per heavy atom. The largest absolute Gasteiger partial charge is 0.332 e. The zero-order valence-electron chi connectivity index (χ0n) is 17.8. The molecular weight excluding hydrogens is 469 g/mol. The van der Waals surface area contributed by atoms with Crippen LogP contribution in [0, 0.1) is 12.7 Å². The van der Waals surface area contributed by atoms with Gasteiger partial charge in [-0.3, -0.25) is 14.3 Å². The van der Waals surface area contributed by atoms with E-state index in [9.17, 15) is 22.4 Å². The van der Waals surface area contributed by atoms with Crippen molar-refractivity contribution in [2.45, 2.75) is 11.8 Å². The average Bonchev–Trinajstić information content (AvgIpc) is 2.76. The highest BCUT2D eigenvalue weighted by Gasteiger charge is 2.19. The van der Waals surface area contributed by atoms with Crippen LogP contribution >= 0.6 is 11.6 Å². The number of hydrogen-bond acceptors (Lipinski definition) is 4. The smallest absolute Gasteiger partial charge is 0.261 e. The van der Waals surface area contributed by atoms with Gasteiger partial charge in [-0.1, -0.05) is 29.8 Å². The number of nitrogens with zero attached hydrogens (tertiary/aromatic N) is 1. The fourth-order valence-corrected chi connectivity index (χ4v) is 4.25. The Labute approximate surface area is 196 Å². The molecule has 33 heavy (non-hydrogen) atoms. The van der Waals surface area contributed by atoms with Gasteiger partial charge in [0.25, 0.3) is 15.9 Å². The van der Waals surface area contributed by atoms with Gasteiger partial charge in [0.15, 0.2) is 0 Å². The van der Waals surface area contributed by atoms with Gasteiger partial charge in [0.05, 0.1) is 27.8 Å². The number of hydrogen-bond donors (Lipinski definition) is 2. The molecule has 0 unspecified atom stereocenters. The van der Waals surface area contributed by atoms with Crippen molar-refractivity contribution in [2.24, 2.45) is 0 Å². The van der Waals surface area contributed by atoms with E-state index in [1.165, 1.54) is 24.1 Å². The number of sulfonamides is 1. The number of para-hydroxylation sites is 1. The Balaban J connectivity index is 1.73. The van der Waals surface area contributed by atoms with Crippen LogP contribution in [0.25, 0.3) is 0 Å². The van der Waals surface area contributed by atoms with E-state index in [-0.39, 0.29) is 22.7 Å². The molecule has 0 atom stereocenters. The lowest BCUT2D eigenvalue weighted by atomic mass is 10.1. The summed E-state index contributed by atoms with van der Waals surface area (Å²) in [5, 5.41) is 3.01. The summed E-state index contributed by atoms with van der Waals surface area (Å²) in [5.74, 6) is -1.48. The standard InChI is InChI=1S/C23H21ClFN3O4S/c1-15-7-8-16(13-21(15)27-33(31,32)18-11-9-17(25)10-12-18)23(30)28(2)14-22(29)26-20-6-4-3-5-19(20)24/h3-13,27H,14H2,1-2H3,(H,26,29). The minimum atomic E-state index is -3.99. The van der Waals surface area contributed by atoms with Crippen LogP contribution in [0.4, 0.5) is 15.8 Å². The monoisotopic (exact) mass is 489 g/mol. The van der Waals surface area contributed by atoms with E-state index in [1.54, 1.807) is 37.3 Å². The molecule has 0 bridgehead atoms. The quantitative estimate of drug-likeness (QED) is 0.517. The van der Waals surface area contributed by atoms with Crippen LogP contribution < -0.4 is 10.0 Å². The second-order valence-corrected chi connectivity index (χ2v) is 9.37. The summed E-state index contributed by atoms with van der Waals surface area (Å²) >= 11 is 6.03. The molecule has 3 aromatic carbocycles. The molecular formula is C23H21ClFN3O4S. The zero-order chi connectivity index (χ0) is 24.2. The molecule has 0 heterocycles. The molecule has 0 fully saturated rings. The van der Waals surface area contributed by atoms with Crippen molar-refractivity contribution in [3.8, 4) is 0 Å². The van der Waals surface area contributed by atoms with Gasteiger partial charge >= 0.3 is 0 Å². The number of carbonyl (C=O) groups is 2. The Kier molecular flexibility index (Phi) is 7.35. The molecule has 2 N–H and O–H groups in total. The van der Waals surface area contributed by atoms with Gasteiger partial charge in [-0.05, 0) is 61.0 Å². The zero-order valence-corrected chi connectivity index (χ0v) is 19.4. The predicted molar refractivity (Wildman–Crippen MR) is 125 cm³/mol. The van der Waals surface area contributed by atoms with Crippen LogP contribution in [0.3, 0.4) is 0 Å². The number of amides is 2. The lowest BCUT2D eigenvalue weighted by molar-refractivity contribution is -0.116. The highest BCUT2D eigenvalue weighted by Crippen LogP contribution is 2.23. The molecule has 0 aliphatic rings. The minimum Gasteiger partial charge on any atom is -0.332 e. The van der Waals surface area contributed by atoms with Crippen molar-refractivity contribution >= 4 is 44.8 Å². The number of likely N-dealkylation sites (N-methyl/N-ethyl adjacent to an activating group) is 1. The van der Waals surface area contributed by atoms with Gasteiger partial charge in [-0.2, -0.15) is 0 Å². The van der Waals surface area contributed by atoms with E-state index in [0.29, 0.717) is 16.3 Å². The molecule has 3 rings (SSSR count). The molecule has 3 aromatic rings. The van der Waals surface area contributed by atoms with Crippen LogP contribution in [0.5, 0.6) is 0 Å². The number of benzene rings is 3. The topological polar surface area (TPSA) is 95.6 Å². The Morgan fingerprint density at radius 1 is 1.00 bits per heavy atom. The van der Waals surface area contributed by atoms with Gasteiger partial charge in [-0.15, -0.1) is 0 Å². The second-order valence-electron chi connectivity index (χ2n) is 7.28. The third-order valence-electron chi connectivity index (χ3n) is 4.73. The minimum absolute atomic E-state index is 0.117. The van der Waals surface area contributed by atoms with E-state index in [0.717, 1.165) is 24.3 Å². The summed E-state index contributed by atoms with van der Waals surface area (Å²) in [6, 6.07) is 15.6. The number of aryl methyl sites for hydroxylation is 1. The SMILES string of the molecule is Cc1ccc(C(=O)N(C)CC(=O)Nc2ccccc2Cl)cc1NS(=O)(=O)c1ccc(F)cc1. The summed E-state index contributed by atoms with van der Waals surface area (Å²) in [6.07, 6.45) is 0. The van der Waals surface area contributed by atoms with Crippen LogP contribution in [0.2, 0.25) is 5.02 Å². The maximum absolute atomic E-state index is 13.1. The first-order valence-corrected chi connectivity index (χ1v) is 11.6. The summed E-state index contributed by atoms with van der Waals surface area (Å²) in [5.41, 5.74) is 1.39. The van der Waals surface area contributed by atoms with E-state index in [2.05, 4.69) is 10.0 Å². The van der Waals surface area contributed by atoms with Crippen LogP contribution in [0.1, 0.15) is 15.9 Å². The summed E-state index contributed by atoms with van der Waals surface area (Å²) < 4.78 is 40.8. The van der Waals surface area contributed by atoms with Crippen LogP contribution in [-0.2, 0) is 14.8 Å². The maximum Gasteiger partial charge on any atom is 0.261 e. The summed E-state index contributed by atoms with van der Waals surface area (Å²) in [4.78, 5) is 26.2. The van der Waals surface area contributed by atoms with Crippen molar-refractivity contribution in [3.05, 3.63) is 88.7 Å². The molecule has 0 radical (unpaired) electrons. The highest BCUT2D eigenvalue weighted by molar-refractivity contribution is 7.92. The number of carbonyl (C=O) groups excluding carboxylic acids is 2. The first-order chi connectivity index (χ1) is 15.6.